The highest BCUT2D eigenvalue weighted by molar-refractivity contribution is 6.11. The summed E-state index contributed by atoms with van der Waals surface area (Å²) in [5.41, 5.74) is 1.98. The maximum atomic E-state index is 12.7. The molecule has 10 rings (SSSR count). The van der Waals surface area contributed by atoms with Gasteiger partial charge in [0.1, 0.15) is 41.2 Å². The quantitative estimate of drug-likeness (QED) is 0.123. The van der Waals surface area contributed by atoms with E-state index in [0.717, 1.165) is 37.0 Å². The Morgan fingerprint density at radius 2 is 1.75 bits per heavy atom. The van der Waals surface area contributed by atoms with Crippen LogP contribution in [-0.4, -0.2) is 111 Å². The van der Waals surface area contributed by atoms with Crippen LogP contribution < -0.4 is 4.74 Å². The summed E-state index contributed by atoms with van der Waals surface area (Å²) in [5.74, 6) is -2.45. The van der Waals surface area contributed by atoms with Crippen LogP contribution in [0, 0.1) is 46.8 Å². The summed E-state index contributed by atoms with van der Waals surface area (Å²) >= 11 is 0. The molecule has 11 unspecified atom stereocenters. The highest BCUT2D eigenvalue weighted by Gasteiger charge is 2.68. The van der Waals surface area contributed by atoms with E-state index >= 15 is 0 Å². The third-order valence-electron chi connectivity index (χ3n) is 17.3. The van der Waals surface area contributed by atoms with Crippen molar-refractivity contribution in [2.24, 2.45) is 39.9 Å². The van der Waals surface area contributed by atoms with Crippen LogP contribution in [0.5, 0.6) is 17.2 Å². The number of aliphatic hydroxyl groups is 4. The molecule has 0 radical (unpaired) electrons. The lowest BCUT2D eigenvalue weighted by Crippen LogP contribution is -2.70. The molecule has 5 aliphatic carbocycles. The lowest BCUT2D eigenvalue weighted by atomic mass is 9.42. The van der Waals surface area contributed by atoms with Crippen molar-refractivity contribution in [2.75, 3.05) is 33.0 Å². The molecule has 8 aliphatic rings. The van der Waals surface area contributed by atoms with Crippen molar-refractivity contribution in [1.29, 1.82) is 0 Å². The van der Waals surface area contributed by atoms with Crippen LogP contribution in [0.15, 0.2) is 34.9 Å². The van der Waals surface area contributed by atoms with Crippen LogP contribution in [0.2, 0.25) is 0 Å². The number of aromatic hydroxyl groups is 2. The Hall–Kier alpha value is -3.56. The monoisotopic (exact) mass is 844 g/mol. The number of ether oxygens (including phenoxy) is 4. The van der Waals surface area contributed by atoms with Crippen molar-refractivity contribution >= 4 is 22.5 Å². The van der Waals surface area contributed by atoms with E-state index in [2.05, 4.69) is 6.08 Å². The second kappa shape index (κ2) is 14.8. The summed E-state index contributed by atoms with van der Waals surface area (Å²) in [6.45, 7) is 3.61. The zero-order valence-corrected chi connectivity index (χ0v) is 35.2. The molecular weight excluding hydrogens is 785 g/mol. The molecule has 11 atom stereocenters. The Morgan fingerprint density at radius 1 is 0.984 bits per heavy atom. The van der Waals surface area contributed by atoms with E-state index in [9.17, 15) is 45.3 Å². The molecule has 2 aromatic rings. The number of carboxylic acids is 1. The van der Waals surface area contributed by atoms with Gasteiger partial charge >= 0.3 is 5.97 Å². The molecule has 2 saturated heterocycles. The first-order valence-corrected chi connectivity index (χ1v) is 22.5. The fourth-order valence-electron chi connectivity index (χ4n) is 15.0. The van der Waals surface area contributed by atoms with E-state index in [1.54, 1.807) is 0 Å². The fraction of sp³-hybridized carbons (Fsp3) is 0.667. The summed E-state index contributed by atoms with van der Waals surface area (Å²) < 4.78 is 26.1. The predicted octanol–water partition coefficient (Wildman–Crippen LogP) is 5.86. The van der Waals surface area contributed by atoms with E-state index in [-0.39, 0.29) is 81.4 Å². The van der Waals surface area contributed by atoms with E-state index < -0.39 is 60.1 Å². The summed E-state index contributed by atoms with van der Waals surface area (Å²) in [5, 5.41) is 78.3. The number of carbonyl (C=O) groups is 2. The van der Waals surface area contributed by atoms with Crippen LogP contribution >= 0.6 is 0 Å². The molecule has 0 aromatic heterocycles. The van der Waals surface area contributed by atoms with Crippen LogP contribution in [0.1, 0.15) is 117 Å². The Morgan fingerprint density at radius 3 is 2.48 bits per heavy atom. The molecule has 13 nitrogen and oxygen atoms in total. The molecule has 13 heteroatoms. The number of phenols is 2. The Kier molecular flexibility index (Phi) is 10.0. The maximum absolute atomic E-state index is 12.7. The van der Waals surface area contributed by atoms with Gasteiger partial charge in [0, 0.05) is 29.6 Å². The molecule has 0 amide bonds. The standard InChI is InChI=1S/C48H60O13/c1-24-35(25(2)51)40(53)37-29(39(24)52)14-27(43(56)57)15-33(37)60-44-41(54)42(55)48(34(19-50)61-44)18-30-31-17-46(12-11-45(22-46)8-3-4-9-45)16-28-20-58-23-47(38(28)31,10-5-13-49)32-7-6-26(21-59-48)36(30)32/h7,14-15,28,30-31,34,38,41-42,44,49-50,52-55H,3-6,8-13,16-23H2,1-2H3,(H,56,57). The molecule has 330 valence electrons. The molecule has 3 aliphatic heterocycles. The highest BCUT2D eigenvalue weighted by atomic mass is 16.7. The smallest absolute Gasteiger partial charge is 0.335 e. The number of fused-ring (bicyclic) bond motifs is 3. The highest BCUT2D eigenvalue weighted by Crippen LogP contribution is 2.72. The lowest BCUT2D eigenvalue weighted by molar-refractivity contribution is -0.326. The van der Waals surface area contributed by atoms with Gasteiger partial charge in [-0.1, -0.05) is 18.9 Å². The number of allylic oxidation sites excluding steroid dienone is 2. The van der Waals surface area contributed by atoms with Crippen LogP contribution in [-0.2, 0) is 14.2 Å². The number of phenolic OH excluding ortho intramolecular Hbond substituents is 2. The number of carbonyl (C=O) groups excluding carboxylic acids is 1. The average Bonchev–Trinajstić information content (AvgIpc) is 3.95. The predicted molar refractivity (Wildman–Crippen MR) is 220 cm³/mol. The van der Waals surface area contributed by atoms with Gasteiger partial charge in [0.2, 0.25) is 6.29 Å². The third kappa shape index (κ3) is 6.04. The molecule has 0 bridgehead atoms. The molecular formula is C48H60O13. The molecule has 3 spiro atoms. The number of Topliss-reactive ketones (excluding diaryl/α,β-unsaturated/α-hetero) is 1. The molecule has 3 heterocycles. The molecule has 7 N–H and O–H groups in total. The first-order chi connectivity index (χ1) is 29.2. The Balaban J connectivity index is 1.03. The minimum absolute atomic E-state index is 0.0527. The van der Waals surface area contributed by atoms with Gasteiger partial charge in [-0.3, -0.25) is 4.79 Å². The van der Waals surface area contributed by atoms with Crippen molar-refractivity contribution in [1.82, 2.24) is 0 Å². The van der Waals surface area contributed by atoms with Crippen molar-refractivity contribution in [3.63, 3.8) is 0 Å². The molecule has 6 fully saturated rings. The largest absolute Gasteiger partial charge is 0.507 e. The lowest BCUT2D eigenvalue weighted by Gasteiger charge is -2.64. The van der Waals surface area contributed by atoms with Crippen LogP contribution in [0.4, 0.5) is 0 Å². The second-order valence-corrected chi connectivity index (χ2v) is 20.3. The SMILES string of the molecule is CC(=O)c1c(C)c(O)c2cc(C(=O)O)cc(OC3OC(CO)C4(CC5C6=C(CC=C6C6(CCCO)COCC7CC8(CCC9(CCCC9)C8)CC5C76)CO4)C(O)C3O)c2c1O. The number of hydrogen-bond acceptors (Lipinski definition) is 12. The van der Waals surface area contributed by atoms with Crippen molar-refractivity contribution in [2.45, 2.75) is 128 Å². The minimum Gasteiger partial charge on any atom is -0.507 e. The zero-order chi connectivity index (χ0) is 42.8. The minimum atomic E-state index is -1.78. The molecule has 4 saturated carbocycles. The summed E-state index contributed by atoms with van der Waals surface area (Å²) in [6, 6.07) is 2.25. The third-order valence-corrected chi connectivity index (χ3v) is 17.3. The first-order valence-electron chi connectivity index (χ1n) is 22.5. The van der Waals surface area contributed by atoms with E-state index in [1.807, 2.05) is 0 Å². The number of hydrogen-bond donors (Lipinski definition) is 7. The van der Waals surface area contributed by atoms with Gasteiger partial charge in [0.15, 0.2) is 5.78 Å². The summed E-state index contributed by atoms with van der Waals surface area (Å²) in [6.07, 6.45) is 9.53. The molecule has 2 aromatic carbocycles. The topological polar surface area (TPSA) is 213 Å². The maximum Gasteiger partial charge on any atom is 0.335 e. The van der Waals surface area contributed by atoms with Crippen molar-refractivity contribution < 1.29 is 64.3 Å². The molecule has 61 heavy (non-hydrogen) atoms. The van der Waals surface area contributed by atoms with Gasteiger partial charge in [0.25, 0.3) is 0 Å². The number of benzene rings is 2. The number of carboxylic acid groups (broad SMARTS) is 1. The van der Waals surface area contributed by atoms with Gasteiger partial charge in [-0.2, -0.15) is 0 Å². The zero-order valence-electron chi connectivity index (χ0n) is 35.2. The van der Waals surface area contributed by atoms with E-state index in [1.165, 1.54) is 69.9 Å². The van der Waals surface area contributed by atoms with Crippen LogP contribution in [0.3, 0.4) is 0 Å². The van der Waals surface area contributed by atoms with Gasteiger partial charge in [-0.25, -0.2) is 4.79 Å². The van der Waals surface area contributed by atoms with Crippen molar-refractivity contribution in [3.8, 4) is 17.2 Å². The normalized spacial score (nSPS) is 38.5. The Bertz CT molecular complexity index is 2220. The average molecular weight is 845 g/mol. The van der Waals surface area contributed by atoms with Crippen molar-refractivity contribution in [3.05, 3.63) is 51.6 Å². The van der Waals surface area contributed by atoms with Crippen LogP contribution in [0.25, 0.3) is 10.8 Å². The number of ketones is 1. The fourth-order valence-corrected chi connectivity index (χ4v) is 15.0. The van der Waals surface area contributed by atoms with Gasteiger partial charge in [-0.05, 0) is 148 Å². The Labute approximate surface area is 355 Å². The number of aromatic carboxylic acids is 1. The van der Waals surface area contributed by atoms with Gasteiger partial charge in [0.05, 0.1) is 36.3 Å². The summed E-state index contributed by atoms with van der Waals surface area (Å²) in [4.78, 5) is 25.0. The number of rotatable bonds is 8. The first kappa shape index (κ1) is 41.5. The van der Waals surface area contributed by atoms with E-state index in [0.29, 0.717) is 37.4 Å². The second-order valence-electron chi connectivity index (χ2n) is 20.3. The summed E-state index contributed by atoms with van der Waals surface area (Å²) in [7, 11) is 0. The number of aliphatic hydroxyl groups excluding tert-OH is 4. The van der Waals surface area contributed by atoms with Gasteiger partial charge in [-0.15, -0.1) is 0 Å². The van der Waals surface area contributed by atoms with Gasteiger partial charge < -0.3 is 54.7 Å². The van der Waals surface area contributed by atoms with E-state index in [4.69, 9.17) is 18.9 Å².